The number of nitrogens with zero attached hydrogens (tertiary/aromatic N) is 2. The lowest BCUT2D eigenvalue weighted by atomic mass is 9.89. The van der Waals surface area contributed by atoms with Crippen LogP contribution >= 0.6 is 0 Å². The van der Waals surface area contributed by atoms with Crippen LogP contribution in [0.15, 0.2) is 72.8 Å². The molecule has 3 aromatic carbocycles. The van der Waals surface area contributed by atoms with Crippen molar-refractivity contribution in [2.75, 3.05) is 9.80 Å². The molecule has 4 nitrogen and oxygen atoms in total. The normalized spacial score (nSPS) is 17.6. The number of hydrogen-bond acceptors (Lipinski definition) is 2. The molecule has 2 amide bonds. The monoisotopic (exact) mass is 430 g/mol. The zero-order valence-electron chi connectivity index (χ0n) is 18.6. The molecule has 0 aromatic heterocycles. The molecule has 1 heterocycles. The van der Waals surface area contributed by atoms with Gasteiger partial charge >= 0.3 is 0 Å². The lowest BCUT2D eigenvalue weighted by Crippen LogP contribution is -2.47. The van der Waals surface area contributed by atoms with Gasteiger partial charge in [0.25, 0.3) is 5.91 Å². The smallest absolute Gasteiger partial charge is 0.258 e. The summed E-state index contributed by atoms with van der Waals surface area (Å²) in [7, 11) is 0. The van der Waals surface area contributed by atoms with Gasteiger partial charge in [-0.15, -0.1) is 0 Å². The van der Waals surface area contributed by atoms with Crippen molar-refractivity contribution < 1.29 is 14.0 Å². The molecule has 0 bridgehead atoms. The third kappa shape index (κ3) is 4.03. The van der Waals surface area contributed by atoms with Crippen LogP contribution in [0.5, 0.6) is 0 Å². The Hall–Kier alpha value is -3.47. The summed E-state index contributed by atoms with van der Waals surface area (Å²) in [6.45, 7) is 5.88. The fraction of sp³-hybridized carbons (Fsp3) is 0.259. The number of benzene rings is 3. The molecular formula is C27H27FN2O2. The van der Waals surface area contributed by atoms with Gasteiger partial charge in [0, 0.05) is 29.4 Å². The standard InChI is InChI=1S/C27H27FN2O2/c1-4-26(31)30(22-15-9-18(2)10-16-22)25-17-19(3)29(24-8-6-5-7-23(24)25)27(32)20-11-13-21(28)14-12-20/h5-16,19,25H,4,17H2,1-3H3/t19-,25+/m1/s1. The van der Waals surface area contributed by atoms with E-state index in [1.54, 1.807) is 4.90 Å². The predicted molar refractivity (Wildman–Crippen MR) is 125 cm³/mol. The molecular weight excluding hydrogens is 403 g/mol. The number of carbonyl (C=O) groups excluding carboxylic acids is 2. The van der Waals surface area contributed by atoms with Crippen LogP contribution in [0.1, 0.15) is 54.2 Å². The van der Waals surface area contributed by atoms with Gasteiger partial charge in [-0.2, -0.15) is 0 Å². The molecule has 0 unspecified atom stereocenters. The number of fused-ring (bicyclic) bond motifs is 1. The van der Waals surface area contributed by atoms with Gasteiger partial charge < -0.3 is 9.80 Å². The second kappa shape index (κ2) is 8.95. The van der Waals surface area contributed by atoms with Crippen LogP contribution in [-0.4, -0.2) is 17.9 Å². The van der Waals surface area contributed by atoms with E-state index in [4.69, 9.17) is 0 Å². The molecule has 0 saturated carbocycles. The van der Waals surface area contributed by atoms with Crippen LogP contribution in [0.25, 0.3) is 0 Å². The van der Waals surface area contributed by atoms with E-state index in [1.807, 2.05) is 74.2 Å². The van der Waals surface area contributed by atoms with Gasteiger partial charge in [0.2, 0.25) is 5.91 Å². The first-order valence-electron chi connectivity index (χ1n) is 11.0. The third-order valence-corrected chi connectivity index (χ3v) is 6.07. The van der Waals surface area contributed by atoms with Crippen molar-refractivity contribution >= 4 is 23.2 Å². The molecule has 164 valence electrons. The van der Waals surface area contributed by atoms with Gasteiger partial charge in [0.05, 0.1) is 6.04 Å². The molecule has 0 saturated heterocycles. The van der Waals surface area contributed by atoms with E-state index >= 15 is 0 Å². The second-order valence-corrected chi connectivity index (χ2v) is 8.29. The Kier molecular flexibility index (Phi) is 6.08. The molecule has 2 atom stereocenters. The Balaban J connectivity index is 1.78. The van der Waals surface area contributed by atoms with Crippen LogP contribution in [0.2, 0.25) is 0 Å². The fourth-order valence-corrected chi connectivity index (χ4v) is 4.44. The number of aryl methyl sites for hydroxylation is 1. The lowest BCUT2D eigenvalue weighted by molar-refractivity contribution is -0.118. The summed E-state index contributed by atoms with van der Waals surface area (Å²) in [5, 5.41) is 0. The maximum Gasteiger partial charge on any atom is 0.258 e. The highest BCUT2D eigenvalue weighted by Gasteiger charge is 2.38. The molecule has 1 aliphatic rings. The fourth-order valence-electron chi connectivity index (χ4n) is 4.44. The zero-order chi connectivity index (χ0) is 22.8. The van der Waals surface area contributed by atoms with Crippen LogP contribution in [-0.2, 0) is 4.79 Å². The number of amides is 2. The number of halogens is 1. The summed E-state index contributed by atoms with van der Waals surface area (Å²) >= 11 is 0. The van der Waals surface area contributed by atoms with E-state index in [-0.39, 0.29) is 29.7 Å². The number of carbonyl (C=O) groups is 2. The largest absolute Gasteiger partial charge is 0.305 e. The first kappa shape index (κ1) is 21.8. The topological polar surface area (TPSA) is 40.6 Å². The van der Waals surface area contributed by atoms with Crippen molar-refractivity contribution in [3.63, 3.8) is 0 Å². The first-order valence-corrected chi connectivity index (χ1v) is 11.0. The summed E-state index contributed by atoms with van der Waals surface area (Å²) < 4.78 is 13.4. The molecule has 0 spiro atoms. The number of anilines is 2. The SMILES string of the molecule is CCC(=O)N(c1ccc(C)cc1)[C@H]1C[C@@H](C)N(C(=O)c2ccc(F)cc2)c2ccccc21. The van der Waals surface area contributed by atoms with Gasteiger partial charge in [-0.05, 0) is 68.3 Å². The van der Waals surface area contributed by atoms with Crippen molar-refractivity contribution in [1.29, 1.82) is 0 Å². The maximum atomic E-state index is 13.4. The van der Waals surface area contributed by atoms with E-state index in [9.17, 15) is 14.0 Å². The minimum Gasteiger partial charge on any atom is -0.305 e. The van der Waals surface area contributed by atoms with E-state index in [0.717, 1.165) is 22.5 Å². The Morgan fingerprint density at radius 1 is 1.00 bits per heavy atom. The van der Waals surface area contributed by atoms with Gasteiger partial charge in [-0.1, -0.05) is 42.8 Å². The third-order valence-electron chi connectivity index (χ3n) is 6.07. The quantitative estimate of drug-likeness (QED) is 0.505. The highest BCUT2D eigenvalue weighted by Crippen LogP contribution is 2.43. The molecule has 3 aromatic rings. The Bertz CT molecular complexity index is 1130. The predicted octanol–water partition coefficient (Wildman–Crippen LogP) is 6.06. The second-order valence-electron chi connectivity index (χ2n) is 8.29. The minimum absolute atomic E-state index is 0.0409. The van der Waals surface area contributed by atoms with Crippen molar-refractivity contribution in [1.82, 2.24) is 0 Å². The van der Waals surface area contributed by atoms with E-state index < -0.39 is 0 Å². The molecule has 0 N–H and O–H groups in total. The number of hydrogen-bond donors (Lipinski definition) is 0. The van der Waals surface area contributed by atoms with Crippen molar-refractivity contribution in [3.05, 3.63) is 95.3 Å². The zero-order valence-corrected chi connectivity index (χ0v) is 18.6. The average Bonchev–Trinajstić information content (AvgIpc) is 2.80. The highest BCUT2D eigenvalue weighted by atomic mass is 19.1. The number of para-hydroxylation sites is 1. The van der Waals surface area contributed by atoms with Gasteiger partial charge in [0.15, 0.2) is 0 Å². The first-order chi connectivity index (χ1) is 15.4. The summed E-state index contributed by atoms with van der Waals surface area (Å²) in [4.78, 5) is 30.1. The Morgan fingerprint density at radius 3 is 2.31 bits per heavy atom. The lowest BCUT2D eigenvalue weighted by Gasteiger charge is -2.43. The average molecular weight is 431 g/mol. The van der Waals surface area contributed by atoms with Crippen LogP contribution in [0.3, 0.4) is 0 Å². The van der Waals surface area contributed by atoms with E-state index in [0.29, 0.717) is 18.4 Å². The minimum atomic E-state index is -0.375. The Labute approximate surface area is 188 Å². The highest BCUT2D eigenvalue weighted by molar-refractivity contribution is 6.07. The molecule has 1 aliphatic heterocycles. The summed E-state index contributed by atoms with van der Waals surface area (Å²) in [6.07, 6.45) is 0.989. The molecule has 0 fully saturated rings. The van der Waals surface area contributed by atoms with Crippen LogP contribution < -0.4 is 9.80 Å². The summed E-state index contributed by atoms with van der Waals surface area (Å²) in [6, 6.07) is 21.0. The molecule has 0 aliphatic carbocycles. The molecule has 0 radical (unpaired) electrons. The van der Waals surface area contributed by atoms with Crippen LogP contribution in [0, 0.1) is 12.7 Å². The molecule has 4 rings (SSSR count). The maximum absolute atomic E-state index is 13.4. The van der Waals surface area contributed by atoms with Gasteiger partial charge in [-0.3, -0.25) is 9.59 Å². The molecule has 5 heteroatoms. The van der Waals surface area contributed by atoms with Gasteiger partial charge in [0.1, 0.15) is 5.82 Å². The Morgan fingerprint density at radius 2 is 1.66 bits per heavy atom. The van der Waals surface area contributed by atoms with Crippen molar-refractivity contribution in [3.8, 4) is 0 Å². The summed E-state index contributed by atoms with van der Waals surface area (Å²) in [5.74, 6) is -0.508. The van der Waals surface area contributed by atoms with E-state index in [2.05, 4.69) is 0 Å². The molecule has 32 heavy (non-hydrogen) atoms. The number of rotatable bonds is 4. The van der Waals surface area contributed by atoms with Crippen molar-refractivity contribution in [2.45, 2.75) is 45.7 Å². The van der Waals surface area contributed by atoms with Crippen LogP contribution in [0.4, 0.5) is 15.8 Å². The van der Waals surface area contributed by atoms with Gasteiger partial charge in [-0.25, -0.2) is 4.39 Å². The van der Waals surface area contributed by atoms with E-state index in [1.165, 1.54) is 24.3 Å². The summed E-state index contributed by atoms with van der Waals surface area (Å²) in [5.41, 5.74) is 4.14. The van der Waals surface area contributed by atoms with Crippen molar-refractivity contribution in [2.24, 2.45) is 0 Å².